The number of anilines is 1. The molecule has 0 aliphatic heterocycles. The topological polar surface area (TPSA) is 93.7 Å². The van der Waals surface area contributed by atoms with E-state index < -0.39 is 10.0 Å². The number of benzene rings is 2. The highest BCUT2D eigenvalue weighted by molar-refractivity contribution is 7.92. The molecule has 0 saturated heterocycles. The van der Waals surface area contributed by atoms with Crippen LogP contribution < -0.4 is 14.8 Å². The molecule has 2 N–H and O–H groups in total. The quantitative estimate of drug-likeness (QED) is 0.666. The van der Waals surface area contributed by atoms with Crippen LogP contribution >= 0.6 is 11.6 Å². The Morgan fingerprint density at radius 2 is 1.81 bits per heavy atom. The van der Waals surface area contributed by atoms with Crippen LogP contribution in [0.25, 0.3) is 0 Å². The second-order valence-electron chi connectivity index (χ2n) is 5.22. The Kier molecular flexibility index (Phi) is 6.84. The average molecular weight is 399 g/mol. The predicted octanol–water partition coefficient (Wildman–Crippen LogP) is 2.53. The molecule has 9 heteroatoms. The zero-order chi connectivity index (χ0) is 19.2. The Balaban J connectivity index is 2.14. The molecule has 2 rings (SSSR count). The van der Waals surface area contributed by atoms with Crippen LogP contribution in [0.2, 0.25) is 5.02 Å². The van der Waals surface area contributed by atoms with Gasteiger partial charge in [0.15, 0.2) is 0 Å². The van der Waals surface area contributed by atoms with Crippen LogP contribution in [0.1, 0.15) is 10.4 Å². The fourth-order valence-corrected chi connectivity index (χ4v) is 3.41. The summed E-state index contributed by atoms with van der Waals surface area (Å²) in [6.45, 7) is 0.723. The van der Waals surface area contributed by atoms with Crippen LogP contribution in [0.4, 0.5) is 5.69 Å². The van der Waals surface area contributed by atoms with Gasteiger partial charge in [-0.3, -0.25) is 9.52 Å². The summed E-state index contributed by atoms with van der Waals surface area (Å²) in [4.78, 5) is 12.1. The molecule has 1 amide bonds. The van der Waals surface area contributed by atoms with Crippen LogP contribution in [-0.4, -0.2) is 41.7 Å². The first-order chi connectivity index (χ1) is 12.4. The number of nitrogens with one attached hydrogen (secondary N) is 2. The van der Waals surface area contributed by atoms with Gasteiger partial charge in [-0.1, -0.05) is 11.6 Å². The van der Waals surface area contributed by atoms with Gasteiger partial charge in [0, 0.05) is 13.7 Å². The molecule has 0 spiro atoms. The molecule has 0 fully saturated rings. The third-order valence-corrected chi connectivity index (χ3v) is 5.14. The number of halogens is 1. The van der Waals surface area contributed by atoms with E-state index in [1.807, 2.05) is 0 Å². The van der Waals surface area contributed by atoms with Crippen molar-refractivity contribution in [3.05, 3.63) is 53.1 Å². The molecule has 0 aromatic heterocycles. The van der Waals surface area contributed by atoms with Gasteiger partial charge in [-0.2, -0.15) is 0 Å². The van der Waals surface area contributed by atoms with Gasteiger partial charge in [0.05, 0.1) is 34.9 Å². The number of rotatable bonds is 8. The number of methoxy groups -OCH3 is 2. The van der Waals surface area contributed by atoms with E-state index in [0.29, 0.717) is 18.9 Å². The molecule has 0 unspecified atom stereocenters. The van der Waals surface area contributed by atoms with E-state index in [1.165, 1.54) is 44.6 Å². The minimum Gasteiger partial charge on any atom is -0.497 e. The van der Waals surface area contributed by atoms with Crippen molar-refractivity contribution in [3.8, 4) is 5.75 Å². The van der Waals surface area contributed by atoms with E-state index >= 15 is 0 Å². The van der Waals surface area contributed by atoms with Crippen LogP contribution in [0.5, 0.6) is 5.75 Å². The second kappa shape index (κ2) is 8.88. The van der Waals surface area contributed by atoms with E-state index in [0.717, 1.165) is 0 Å². The van der Waals surface area contributed by atoms with Gasteiger partial charge in [-0.25, -0.2) is 8.42 Å². The van der Waals surface area contributed by atoms with Crippen molar-refractivity contribution in [2.24, 2.45) is 0 Å². The Bertz CT molecular complexity index is 869. The van der Waals surface area contributed by atoms with Gasteiger partial charge in [-0.05, 0) is 42.5 Å². The molecular weight excluding hydrogens is 380 g/mol. The maximum Gasteiger partial charge on any atom is 0.261 e. The lowest BCUT2D eigenvalue weighted by molar-refractivity contribution is 0.0937. The minimum atomic E-state index is -3.79. The van der Waals surface area contributed by atoms with E-state index in [9.17, 15) is 13.2 Å². The van der Waals surface area contributed by atoms with Gasteiger partial charge < -0.3 is 14.8 Å². The first-order valence-corrected chi connectivity index (χ1v) is 9.47. The molecule has 0 aliphatic carbocycles. The normalized spacial score (nSPS) is 11.0. The predicted molar refractivity (Wildman–Crippen MR) is 99.5 cm³/mol. The summed E-state index contributed by atoms with van der Waals surface area (Å²) in [5.41, 5.74) is 0.495. The van der Waals surface area contributed by atoms with Crippen LogP contribution in [0.3, 0.4) is 0 Å². The molecule has 0 bridgehead atoms. The smallest absolute Gasteiger partial charge is 0.261 e. The molecule has 0 atom stereocenters. The number of hydrogen-bond acceptors (Lipinski definition) is 5. The Hall–Kier alpha value is -2.29. The van der Waals surface area contributed by atoms with Gasteiger partial charge in [0.2, 0.25) is 0 Å². The SMILES string of the molecule is COCCNC(=O)c1ccc(NS(=O)(=O)c2ccc(OC)cc2)cc1Cl. The summed E-state index contributed by atoms with van der Waals surface area (Å²) in [5.74, 6) is 0.187. The summed E-state index contributed by atoms with van der Waals surface area (Å²) in [5, 5.41) is 2.78. The van der Waals surface area contributed by atoms with E-state index in [1.54, 1.807) is 12.1 Å². The van der Waals surface area contributed by atoms with Crippen LogP contribution in [-0.2, 0) is 14.8 Å². The monoisotopic (exact) mass is 398 g/mol. The van der Waals surface area contributed by atoms with Gasteiger partial charge in [0.1, 0.15) is 5.75 Å². The van der Waals surface area contributed by atoms with E-state index in [-0.39, 0.29) is 27.1 Å². The van der Waals surface area contributed by atoms with Gasteiger partial charge >= 0.3 is 0 Å². The zero-order valence-corrected chi connectivity index (χ0v) is 15.9. The number of carbonyl (C=O) groups excluding carboxylic acids is 1. The van der Waals surface area contributed by atoms with Gasteiger partial charge in [-0.15, -0.1) is 0 Å². The highest BCUT2D eigenvalue weighted by Gasteiger charge is 2.16. The van der Waals surface area contributed by atoms with Crippen molar-refractivity contribution in [1.82, 2.24) is 5.32 Å². The molecule has 0 saturated carbocycles. The van der Waals surface area contributed by atoms with E-state index in [4.69, 9.17) is 21.1 Å². The molecule has 26 heavy (non-hydrogen) atoms. The Morgan fingerprint density at radius 3 is 2.38 bits per heavy atom. The van der Waals surface area contributed by atoms with E-state index in [2.05, 4.69) is 10.0 Å². The Labute approximate surface area is 157 Å². The summed E-state index contributed by atoms with van der Waals surface area (Å²) in [6, 6.07) is 10.3. The molecule has 2 aromatic carbocycles. The van der Waals surface area contributed by atoms with Crippen molar-refractivity contribution < 1.29 is 22.7 Å². The number of ether oxygens (including phenoxy) is 2. The summed E-state index contributed by atoms with van der Waals surface area (Å²) >= 11 is 6.11. The summed E-state index contributed by atoms with van der Waals surface area (Å²) in [6.07, 6.45) is 0. The zero-order valence-electron chi connectivity index (χ0n) is 14.3. The minimum absolute atomic E-state index is 0.0795. The largest absolute Gasteiger partial charge is 0.497 e. The maximum atomic E-state index is 12.4. The molecule has 2 aromatic rings. The molecule has 0 heterocycles. The highest BCUT2D eigenvalue weighted by Crippen LogP contribution is 2.24. The number of hydrogen-bond donors (Lipinski definition) is 2. The van der Waals surface area contributed by atoms with Crippen molar-refractivity contribution in [1.29, 1.82) is 0 Å². The molecular formula is C17H19ClN2O5S. The lowest BCUT2D eigenvalue weighted by Gasteiger charge is -2.11. The Morgan fingerprint density at radius 1 is 1.12 bits per heavy atom. The molecule has 0 radical (unpaired) electrons. The number of sulfonamides is 1. The molecule has 140 valence electrons. The van der Waals surface area contributed by atoms with Crippen molar-refractivity contribution >= 4 is 33.2 Å². The molecule has 0 aliphatic rings. The van der Waals surface area contributed by atoms with Gasteiger partial charge in [0.25, 0.3) is 15.9 Å². The lowest BCUT2D eigenvalue weighted by Crippen LogP contribution is -2.27. The maximum absolute atomic E-state index is 12.4. The fraction of sp³-hybridized carbons (Fsp3) is 0.235. The standard InChI is InChI=1S/C17H19ClN2O5S/c1-24-10-9-19-17(21)15-8-3-12(11-16(15)18)20-26(22,23)14-6-4-13(25-2)5-7-14/h3-8,11,20H,9-10H2,1-2H3,(H,19,21). The highest BCUT2D eigenvalue weighted by atomic mass is 35.5. The third kappa shape index (κ3) is 5.10. The van der Waals surface area contributed by atoms with Crippen molar-refractivity contribution in [2.75, 3.05) is 32.1 Å². The van der Waals surface area contributed by atoms with Crippen LogP contribution in [0, 0.1) is 0 Å². The van der Waals surface area contributed by atoms with Crippen LogP contribution in [0.15, 0.2) is 47.4 Å². The second-order valence-corrected chi connectivity index (χ2v) is 7.31. The average Bonchev–Trinajstić information content (AvgIpc) is 2.61. The number of amides is 1. The number of carbonyl (C=O) groups is 1. The summed E-state index contributed by atoms with van der Waals surface area (Å²) in [7, 11) is -0.760. The third-order valence-electron chi connectivity index (χ3n) is 3.43. The first-order valence-electron chi connectivity index (χ1n) is 7.61. The summed E-state index contributed by atoms with van der Waals surface area (Å²) < 4.78 is 37.1. The first kappa shape index (κ1) is 20.0. The molecule has 7 nitrogen and oxygen atoms in total. The van der Waals surface area contributed by atoms with Crippen molar-refractivity contribution in [2.45, 2.75) is 4.90 Å². The van der Waals surface area contributed by atoms with Crippen molar-refractivity contribution in [3.63, 3.8) is 0 Å². The fourth-order valence-electron chi connectivity index (χ4n) is 2.09. The lowest BCUT2D eigenvalue weighted by atomic mass is 10.2.